The van der Waals surface area contributed by atoms with Gasteiger partial charge in [-0.25, -0.2) is 13.4 Å². The van der Waals surface area contributed by atoms with Crippen molar-refractivity contribution in [3.8, 4) is 0 Å². The van der Waals surface area contributed by atoms with Crippen LogP contribution in [-0.4, -0.2) is 41.1 Å². The molecule has 1 heterocycles. The number of amides is 1. The van der Waals surface area contributed by atoms with Gasteiger partial charge in [0.05, 0.1) is 11.4 Å². The number of benzene rings is 1. The number of rotatable bonds is 5. The van der Waals surface area contributed by atoms with Crippen molar-refractivity contribution < 1.29 is 13.2 Å². The van der Waals surface area contributed by atoms with Gasteiger partial charge in [0.2, 0.25) is 0 Å². The Balaban J connectivity index is 1.83. The molecule has 1 aromatic heterocycles. The zero-order valence-electron chi connectivity index (χ0n) is 13.1. The fourth-order valence-electron chi connectivity index (χ4n) is 2.46. The predicted molar refractivity (Wildman–Crippen MR) is 85.7 cm³/mol. The molecule has 2 aromatic rings. The molecule has 1 aromatic carbocycles. The first-order valence-corrected chi connectivity index (χ1v) is 9.32. The smallest absolute Gasteiger partial charge is 0.254 e. The highest BCUT2D eigenvalue weighted by molar-refractivity contribution is 7.90. The summed E-state index contributed by atoms with van der Waals surface area (Å²) in [5.41, 5.74) is 0.499. The van der Waals surface area contributed by atoms with Gasteiger partial charge in [0.1, 0.15) is 5.82 Å². The monoisotopic (exact) mass is 333 g/mol. The second-order valence-electron chi connectivity index (χ2n) is 5.92. The first-order chi connectivity index (χ1) is 10.9. The molecular weight excluding hydrogens is 314 g/mol. The lowest BCUT2D eigenvalue weighted by Gasteiger charge is -2.22. The summed E-state index contributed by atoms with van der Waals surface area (Å²) in [6, 6.07) is 6.36. The quantitative estimate of drug-likeness (QED) is 0.834. The summed E-state index contributed by atoms with van der Waals surface area (Å²) in [5, 5.41) is 0. The summed E-state index contributed by atoms with van der Waals surface area (Å²) in [6.07, 6.45) is 6.72. The molecule has 1 aliphatic carbocycles. The Bertz CT molecular complexity index is 821. The van der Waals surface area contributed by atoms with Crippen molar-refractivity contribution in [2.45, 2.75) is 30.3 Å². The average Bonchev–Trinajstić information content (AvgIpc) is 3.27. The largest absolute Gasteiger partial charge is 0.337 e. The number of nitrogens with zero attached hydrogens (tertiary/aromatic N) is 3. The maximum Gasteiger partial charge on any atom is 0.254 e. The molecule has 0 aliphatic heterocycles. The Labute approximate surface area is 135 Å². The minimum Gasteiger partial charge on any atom is -0.337 e. The van der Waals surface area contributed by atoms with Crippen LogP contribution >= 0.6 is 0 Å². The van der Waals surface area contributed by atoms with Gasteiger partial charge >= 0.3 is 0 Å². The number of hydrogen-bond acceptors (Lipinski definition) is 4. The van der Waals surface area contributed by atoms with Crippen LogP contribution < -0.4 is 0 Å². The van der Waals surface area contributed by atoms with E-state index in [2.05, 4.69) is 4.98 Å². The van der Waals surface area contributed by atoms with Gasteiger partial charge in [-0.15, -0.1) is 0 Å². The van der Waals surface area contributed by atoms with Crippen molar-refractivity contribution in [2.75, 3.05) is 6.26 Å². The third-order valence-corrected chi connectivity index (χ3v) is 5.14. The minimum atomic E-state index is -3.25. The van der Waals surface area contributed by atoms with Crippen LogP contribution in [0.4, 0.5) is 0 Å². The van der Waals surface area contributed by atoms with Crippen LogP contribution in [0.2, 0.25) is 0 Å². The average molecular weight is 333 g/mol. The molecule has 23 heavy (non-hydrogen) atoms. The van der Waals surface area contributed by atoms with Crippen LogP contribution in [0.3, 0.4) is 0 Å². The number of aryl methyl sites for hydroxylation is 1. The van der Waals surface area contributed by atoms with Crippen LogP contribution in [0.15, 0.2) is 41.6 Å². The van der Waals surface area contributed by atoms with Crippen molar-refractivity contribution in [1.82, 2.24) is 14.5 Å². The van der Waals surface area contributed by atoms with Gasteiger partial charge in [-0.2, -0.15) is 0 Å². The molecule has 1 aliphatic rings. The minimum absolute atomic E-state index is 0.0875. The molecule has 0 atom stereocenters. The van der Waals surface area contributed by atoms with E-state index in [1.54, 1.807) is 18.3 Å². The lowest BCUT2D eigenvalue weighted by Crippen LogP contribution is -2.33. The van der Waals surface area contributed by atoms with E-state index in [9.17, 15) is 13.2 Å². The van der Waals surface area contributed by atoms with Crippen LogP contribution in [0, 0.1) is 0 Å². The zero-order chi connectivity index (χ0) is 16.6. The standard InChI is InChI=1S/C16H19N3O3S/c1-18-10-9-17-15(18)11-19(13-5-6-13)16(20)12-3-7-14(8-4-12)23(2,21)22/h3-4,7-10,13H,5-6,11H2,1-2H3. The van der Waals surface area contributed by atoms with E-state index < -0.39 is 9.84 Å². The zero-order valence-corrected chi connectivity index (χ0v) is 14.0. The van der Waals surface area contributed by atoms with E-state index in [4.69, 9.17) is 0 Å². The molecule has 1 amide bonds. The number of sulfone groups is 1. The number of imidazole rings is 1. The molecule has 0 radical (unpaired) electrons. The van der Waals surface area contributed by atoms with Crippen molar-refractivity contribution in [2.24, 2.45) is 7.05 Å². The van der Waals surface area contributed by atoms with Gasteiger partial charge in [-0.05, 0) is 37.1 Å². The van der Waals surface area contributed by atoms with Gasteiger partial charge in [0.25, 0.3) is 5.91 Å². The van der Waals surface area contributed by atoms with E-state index in [0.29, 0.717) is 12.1 Å². The fraction of sp³-hybridized carbons (Fsp3) is 0.375. The Morgan fingerprint density at radius 3 is 2.43 bits per heavy atom. The van der Waals surface area contributed by atoms with Crippen molar-refractivity contribution in [1.29, 1.82) is 0 Å². The van der Waals surface area contributed by atoms with Gasteiger partial charge in [-0.1, -0.05) is 0 Å². The lowest BCUT2D eigenvalue weighted by atomic mass is 10.2. The number of carbonyl (C=O) groups is 1. The highest BCUT2D eigenvalue weighted by Gasteiger charge is 2.33. The Kier molecular flexibility index (Phi) is 3.97. The number of carbonyl (C=O) groups excluding carboxylic acids is 1. The van der Waals surface area contributed by atoms with Crippen LogP contribution in [-0.2, 0) is 23.4 Å². The van der Waals surface area contributed by atoms with Crippen molar-refractivity contribution >= 4 is 15.7 Å². The first-order valence-electron chi connectivity index (χ1n) is 7.43. The normalized spacial score (nSPS) is 14.7. The lowest BCUT2D eigenvalue weighted by molar-refractivity contribution is 0.0724. The molecule has 122 valence electrons. The third kappa shape index (κ3) is 3.44. The fourth-order valence-corrected chi connectivity index (χ4v) is 3.10. The van der Waals surface area contributed by atoms with Gasteiger partial charge in [0.15, 0.2) is 9.84 Å². The second-order valence-corrected chi connectivity index (χ2v) is 7.93. The van der Waals surface area contributed by atoms with Crippen molar-refractivity contribution in [3.63, 3.8) is 0 Å². The Morgan fingerprint density at radius 1 is 1.30 bits per heavy atom. The second kappa shape index (κ2) is 5.81. The van der Waals surface area contributed by atoms with E-state index in [1.165, 1.54) is 12.1 Å². The molecule has 6 nitrogen and oxygen atoms in total. The number of aromatic nitrogens is 2. The van der Waals surface area contributed by atoms with Gasteiger partial charge in [0, 0.05) is 37.3 Å². The molecule has 0 saturated heterocycles. The highest BCUT2D eigenvalue weighted by Crippen LogP contribution is 2.29. The van der Waals surface area contributed by atoms with E-state index in [0.717, 1.165) is 24.9 Å². The molecule has 0 bridgehead atoms. The summed E-state index contributed by atoms with van der Waals surface area (Å²) in [6.45, 7) is 0.459. The summed E-state index contributed by atoms with van der Waals surface area (Å²) >= 11 is 0. The van der Waals surface area contributed by atoms with E-state index in [1.807, 2.05) is 22.7 Å². The summed E-state index contributed by atoms with van der Waals surface area (Å²) < 4.78 is 24.9. The highest BCUT2D eigenvalue weighted by atomic mass is 32.2. The summed E-state index contributed by atoms with van der Waals surface area (Å²) in [4.78, 5) is 19.1. The van der Waals surface area contributed by atoms with Crippen LogP contribution in [0.5, 0.6) is 0 Å². The maximum absolute atomic E-state index is 12.8. The van der Waals surface area contributed by atoms with Crippen molar-refractivity contribution in [3.05, 3.63) is 48.0 Å². The predicted octanol–water partition coefficient (Wildman–Crippen LogP) is 1.63. The molecule has 1 saturated carbocycles. The molecule has 0 N–H and O–H groups in total. The summed E-state index contributed by atoms with van der Waals surface area (Å²) in [7, 11) is -1.35. The van der Waals surface area contributed by atoms with Gasteiger partial charge < -0.3 is 9.47 Å². The third-order valence-electron chi connectivity index (χ3n) is 4.01. The Morgan fingerprint density at radius 2 is 1.96 bits per heavy atom. The molecule has 3 rings (SSSR count). The molecule has 0 spiro atoms. The summed E-state index contributed by atoms with van der Waals surface area (Å²) in [5.74, 6) is 0.744. The molecule has 1 fully saturated rings. The Hall–Kier alpha value is -2.15. The van der Waals surface area contributed by atoms with Gasteiger partial charge in [-0.3, -0.25) is 4.79 Å². The number of hydrogen-bond donors (Lipinski definition) is 0. The maximum atomic E-state index is 12.8. The van der Waals surface area contributed by atoms with Crippen LogP contribution in [0.1, 0.15) is 29.0 Å². The topological polar surface area (TPSA) is 72.3 Å². The van der Waals surface area contributed by atoms with Crippen LogP contribution in [0.25, 0.3) is 0 Å². The van der Waals surface area contributed by atoms with E-state index in [-0.39, 0.29) is 16.8 Å². The first kappa shape index (κ1) is 15.7. The molecule has 7 heteroatoms. The SMILES string of the molecule is Cn1ccnc1CN(C(=O)c1ccc(S(C)(=O)=O)cc1)C1CC1. The van der Waals surface area contributed by atoms with E-state index >= 15 is 0 Å². The molecular formula is C16H19N3O3S. The molecule has 0 unspecified atom stereocenters.